The van der Waals surface area contributed by atoms with Gasteiger partial charge in [0, 0.05) is 24.0 Å². The second-order valence-corrected chi connectivity index (χ2v) is 12.1. The normalized spacial score (nSPS) is 11.8. The van der Waals surface area contributed by atoms with E-state index in [1.54, 1.807) is 16.0 Å². The lowest BCUT2D eigenvalue weighted by Gasteiger charge is -2.22. The maximum atomic E-state index is 12.7. The number of carbonyl (C=O) groups excluding carboxylic acids is 2. The molecule has 3 aromatic carbocycles. The summed E-state index contributed by atoms with van der Waals surface area (Å²) >= 11 is 0. The fourth-order valence-corrected chi connectivity index (χ4v) is 6.19. The standard InChI is InChI=1S/C35H38N8O7/c1-3-9-42(31(44)15-37-34(46)47)17-29-36-14-27(40-29)21-5-7-23-22(11-21)19-50-28-13-24-20(12-25(23)28)6-8-26-33(24)41-30(39-26)18-43(10-4-2)32(45)16-38-35(48)49/h5-8,11-14,37-38H,3-4,9-10,15-19H2,1-2H3,(H,36,40)(H,39,41)(H,46,47)(H,48,49). The molecule has 1 aliphatic heterocycles. The van der Waals surface area contributed by atoms with Gasteiger partial charge in [-0.1, -0.05) is 32.0 Å². The Morgan fingerprint density at radius 3 is 2.18 bits per heavy atom. The van der Waals surface area contributed by atoms with Gasteiger partial charge in [0.1, 0.15) is 37.1 Å². The molecule has 2 aromatic heterocycles. The molecule has 0 saturated carbocycles. The van der Waals surface area contributed by atoms with Crippen LogP contribution in [0.2, 0.25) is 0 Å². The molecule has 15 nitrogen and oxygen atoms in total. The van der Waals surface area contributed by atoms with Crippen molar-refractivity contribution in [1.29, 1.82) is 0 Å². The first-order valence-electron chi connectivity index (χ1n) is 16.4. The van der Waals surface area contributed by atoms with E-state index in [9.17, 15) is 19.2 Å². The van der Waals surface area contributed by atoms with E-state index in [2.05, 4.69) is 43.8 Å². The monoisotopic (exact) mass is 682 g/mol. The number of imidazole rings is 2. The molecule has 5 aromatic rings. The molecular weight excluding hydrogens is 644 g/mol. The van der Waals surface area contributed by atoms with Crippen LogP contribution in [0.1, 0.15) is 43.9 Å². The SMILES string of the molecule is CCCN(Cc1ncc(-c2ccc3c(c2)COc2cc4c(ccc5nc(CN(CCC)C(=O)CNC(=O)O)[nH]c54)cc2-3)[nH]1)C(=O)CNC(=O)O. The van der Waals surface area contributed by atoms with Gasteiger partial charge >= 0.3 is 12.2 Å². The number of aromatic amines is 2. The number of nitrogens with one attached hydrogen (secondary N) is 4. The molecule has 0 spiro atoms. The van der Waals surface area contributed by atoms with E-state index < -0.39 is 12.2 Å². The Kier molecular flexibility index (Phi) is 9.83. The summed E-state index contributed by atoms with van der Waals surface area (Å²) in [6.45, 7) is 5.05. The average Bonchev–Trinajstić information content (AvgIpc) is 3.75. The summed E-state index contributed by atoms with van der Waals surface area (Å²) in [6, 6.07) is 14.2. The minimum atomic E-state index is -1.25. The third kappa shape index (κ3) is 7.31. The predicted molar refractivity (Wildman–Crippen MR) is 184 cm³/mol. The number of hydrogen-bond donors (Lipinski definition) is 6. The topological polar surface area (TPSA) is 206 Å². The van der Waals surface area contributed by atoms with Gasteiger partial charge in [-0.25, -0.2) is 19.6 Å². The summed E-state index contributed by atoms with van der Waals surface area (Å²) in [5.41, 5.74) is 6.30. The first kappa shape index (κ1) is 33.8. The Labute approximate surface area is 286 Å². The largest absolute Gasteiger partial charge is 0.488 e. The van der Waals surface area contributed by atoms with Crippen molar-refractivity contribution in [2.75, 3.05) is 26.2 Å². The highest BCUT2D eigenvalue weighted by molar-refractivity contribution is 6.07. The van der Waals surface area contributed by atoms with Crippen molar-refractivity contribution in [3.8, 4) is 28.1 Å². The van der Waals surface area contributed by atoms with E-state index in [0.717, 1.165) is 61.9 Å². The number of benzene rings is 3. The lowest BCUT2D eigenvalue weighted by Crippen LogP contribution is -2.40. The van der Waals surface area contributed by atoms with E-state index in [1.807, 2.05) is 38.1 Å². The lowest BCUT2D eigenvalue weighted by molar-refractivity contribution is -0.131. The number of fused-ring (bicyclic) bond motifs is 6. The highest BCUT2D eigenvalue weighted by Gasteiger charge is 2.22. The molecule has 15 heteroatoms. The van der Waals surface area contributed by atoms with Crippen LogP contribution in [-0.4, -0.2) is 90.1 Å². The number of H-pyrrole nitrogens is 2. The zero-order valence-electron chi connectivity index (χ0n) is 27.7. The number of rotatable bonds is 13. The molecule has 0 fully saturated rings. The molecule has 0 aliphatic carbocycles. The van der Waals surface area contributed by atoms with Crippen molar-refractivity contribution in [2.24, 2.45) is 0 Å². The Hall–Kier alpha value is -6.12. The molecule has 0 atom stereocenters. The van der Waals surface area contributed by atoms with E-state index in [1.165, 1.54) is 0 Å². The Bertz CT molecular complexity index is 2090. The number of amides is 4. The summed E-state index contributed by atoms with van der Waals surface area (Å²) in [4.78, 5) is 66.0. The third-order valence-corrected chi connectivity index (χ3v) is 8.50. The molecule has 4 amide bonds. The van der Waals surface area contributed by atoms with Gasteiger partial charge in [-0.2, -0.15) is 0 Å². The minimum Gasteiger partial charge on any atom is -0.488 e. The van der Waals surface area contributed by atoms with Crippen LogP contribution in [0.15, 0.2) is 48.7 Å². The maximum Gasteiger partial charge on any atom is 0.405 e. The van der Waals surface area contributed by atoms with Crippen LogP contribution in [0, 0.1) is 0 Å². The van der Waals surface area contributed by atoms with Crippen molar-refractivity contribution < 1.29 is 34.1 Å². The van der Waals surface area contributed by atoms with E-state index in [-0.39, 0.29) is 38.0 Å². The van der Waals surface area contributed by atoms with Crippen LogP contribution in [0.4, 0.5) is 9.59 Å². The van der Waals surface area contributed by atoms with Gasteiger partial charge in [-0.3, -0.25) is 9.59 Å². The molecular formula is C35H38N8O7. The summed E-state index contributed by atoms with van der Waals surface area (Å²) in [7, 11) is 0. The van der Waals surface area contributed by atoms with E-state index in [0.29, 0.717) is 37.8 Å². The predicted octanol–water partition coefficient (Wildman–Crippen LogP) is 4.68. The van der Waals surface area contributed by atoms with Crippen molar-refractivity contribution in [3.63, 3.8) is 0 Å². The Balaban J connectivity index is 1.22. The Morgan fingerprint density at radius 2 is 1.52 bits per heavy atom. The molecule has 0 radical (unpaired) electrons. The van der Waals surface area contributed by atoms with Crippen molar-refractivity contribution in [2.45, 2.75) is 46.4 Å². The van der Waals surface area contributed by atoms with Crippen molar-refractivity contribution in [3.05, 3.63) is 65.9 Å². The fourth-order valence-electron chi connectivity index (χ4n) is 6.19. The van der Waals surface area contributed by atoms with Gasteiger partial charge in [0.25, 0.3) is 0 Å². The molecule has 0 bridgehead atoms. The highest BCUT2D eigenvalue weighted by Crippen LogP contribution is 2.42. The number of carbonyl (C=O) groups is 4. The summed E-state index contributed by atoms with van der Waals surface area (Å²) < 4.78 is 6.27. The first-order valence-corrected chi connectivity index (χ1v) is 16.4. The molecule has 0 unspecified atom stereocenters. The number of ether oxygens (including phenoxy) is 1. The molecule has 6 N–H and O–H groups in total. The number of hydrogen-bond acceptors (Lipinski definition) is 7. The molecule has 3 heterocycles. The summed E-state index contributed by atoms with van der Waals surface area (Å²) in [6.07, 6.45) is 0.662. The van der Waals surface area contributed by atoms with E-state index in [4.69, 9.17) is 19.9 Å². The minimum absolute atomic E-state index is 0.221. The van der Waals surface area contributed by atoms with Gasteiger partial charge in [0.2, 0.25) is 11.8 Å². The highest BCUT2D eigenvalue weighted by atomic mass is 16.5. The summed E-state index contributed by atoms with van der Waals surface area (Å²) in [5.74, 6) is 1.29. The smallest absolute Gasteiger partial charge is 0.405 e. The van der Waals surface area contributed by atoms with Crippen LogP contribution in [0.25, 0.3) is 44.2 Å². The van der Waals surface area contributed by atoms with Gasteiger partial charge in [0.15, 0.2) is 0 Å². The van der Waals surface area contributed by atoms with Crippen molar-refractivity contribution >= 4 is 45.8 Å². The molecule has 0 saturated heterocycles. The van der Waals surface area contributed by atoms with Crippen LogP contribution in [0.3, 0.4) is 0 Å². The fraction of sp³-hybridized carbons (Fsp3) is 0.314. The van der Waals surface area contributed by atoms with Crippen molar-refractivity contribution in [1.82, 2.24) is 40.4 Å². The molecule has 50 heavy (non-hydrogen) atoms. The third-order valence-electron chi connectivity index (χ3n) is 8.50. The van der Waals surface area contributed by atoms with E-state index >= 15 is 0 Å². The number of aromatic nitrogens is 4. The zero-order valence-corrected chi connectivity index (χ0v) is 27.7. The Morgan fingerprint density at radius 1 is 0.840 bits per heavy atom. The maximum absolute atomic E-state index is 12.7. The van der Waals surface area contributed by atoms with Gasteiger partial charge in [-0.15, -0.1) is 0 Å². The summed E-state index contributed by atoms with van der Waals surface area (Å²) in [5, 5.41) is 23.9. The lowest BCUT2D eigenvalue weighted by atomic mass is 9.92. The van der Waals surface area contributed by atoms with Crippen LogP contribution >= 0.6 is 0 Å². The second-order valence-electron chi connectivity index (χ2n) is 12.1. The van der Waals surface area contributed by atoms with Gasteiger partial charge in [-0.05, 0) is 59.2 Å². The van der Waals surface area contributed by atoms with Crippen LogP contribution in [0.5, 0.6) is 5.75 Å². The zero-order chi connectivity index (χ0) is 35.4. The molecule has 1 aliphatic rings. The quantitative estimate of drug-likeness (QED) is 0.102. The average molecular weight is 683 g/mol. The van der Waals surface area contributed by atoms with Crippen LogP contribution in [-0.2, 0) is 29.3 Å². The number of carboxylic acid groups (broad SMARTS) is 2. The second kappa shape index (κ2) is 14.6. The number of nitrogens with zero attached hydrogens (tertiary/aromatic N) is 4. The molecule has 6 rings (SSSR count). The van der Waals surface area contributed by atoms with Crippen LogP contribution < -0.4 is 15.4 Å². The van der Waals surface area contributed by atoms with Gasteiger partial charge < -0.3 is 45.4 Å². The molecule has 260 valence electrons. The first-order chi connectivity index (χ1) is 24.1. The van der Waals surface area contributed by atoms with Gasteiger partial charge in [0.05, 0.1) is 36.0 Å².